The van der Waals surface area contributed by atoms with Crippen LogP contribution < -0.4 is 5.32 Å². The molecule has 0 unspecified atom stereocenters. The quantitative estimate of drug-likeness (QED) is 0.630. The van der Waals surface area contributed by atoms with Crippen molar-refractivity contribution in [2.45, 2.75) is 18.9 Å². The van der Waals surface area contributed by atoms with Crippen molar-refractivity contribution >= 4 is 0 Å². The van der Waals surface area contributed by atoms with Gasteiger partial charge in [0.25, 0.3) is 0 Å². The fourth-order valence-corrected chi connectivity index (χ4v) is 2.31. The molecule has 3 rings (SSSR count). The van der Waals surface area contributed by atoms with E-state index >= 15 is 0 Å². The maximum atomic E-state index is 3.71. The number of hydrogen-bond donors (Lipinski definition) is 1. The summed E-state index contributed by atoms with van der Waals surface area (Å²) in [5, 5.41) is 3.34. The van der Waals surface area contributed by atoms with Crippen LogP contribution in [0.4, 0.5) is 0 Å². The maximum absolute atomic E-state index is 3.71. The minimum absolute atomic E-state index is 0.690. The summed E-state index contributed by atoms with van der Waals surface area (Å²) in [7, 11) is 0. The van der Waals surface area contributed by atoms with Crippen LogP contribution in [0.3, 0.4) is 0 Å². The van der Waals surface area contributed by atoms with Crippen LogP contribution in [0.5, 0.6) is 0 Å². The highest BCUT2D eigenvalue weighted by Gasteiger charge is 2.32. The van der Waals surface area contributed by atoms with Crippen molar-refractivity contribution in [3.8, 4) is 0 Å². The van der Waals surface area contributed by atoms with E-state index in [4.69, 9.17) is 0 Å². The molecule has 1 N–H and O–H groups in total. The van der Waals surface area contributed by atoms with Crippen LogP contribution in [-0.2, 0) is 0 Å². The number of piperidine rings is 3. The van der Waals surface area contributed by atoms with E-state index in [-0.39, 0.29) is 0 Å². The molecule has 3 heterocycles. The Balaban J connectivity index is 1.97. The summed E-state index contributed by atoms with van der Waals surface area (Å²) in [6.45, 7) is 7.58. The zero-order valence-electron chi connectivity index (χ0n) is 6.92. The number of rotatable bonds is 2. The van der Waals surface area contributed by atoms with Crippen LogP contribution in [-0.4, -0.2) is 30.6 Å². The molecule has 11 heavy (non-hydrogen) atoms. The summed E-state index contributed by atoms with van der Waals surface area (Å²) < 4.78 is 0. The van der Waals surface area contributed by atoms with Gasteiger partial charge in [0.2, 0.25) is 0 Å². The lowest BCUT2D eigenvalue weighted by atomic mass is 9.84. The first kappa shape index (κ1) is 7.17. The van der Waals surface area contributed by atoms with Gasteiger partial charge in [-0.05, 0) is 38.0 Å². The molecule has 0 saturated carbocycles. The van der Waals surface area contributed by atoms with E-state index in [1.54, 1.807) is 0 Å². The molecule has 0 aliphatic carbocycles. The Kier molecular flexibility index (Phi) is 1.86. The van der Waals surface area contributed by atoms with Crippen molar-refractivity contribution in [1.82, 2.24) is 10.2 Å². The lowest BCUT2D eigenvalue weighted by Gasteiger charge is -2.44. The van der Waals surface area contributed by atoms with Gasteiger partial charge in [0.05, 0.1) is 0 Å². The topological polar surface area (TPSA) is 15.3 Å². The van der Waals surface area contributed by atoms with E-state index in [9.17, 15) is 0 Å². The Morgan fingerprint density at radius 2 is 2.09 bits per heavy atom. The van der Waals surface area contributed by atoms with Gasteiger partial charge in [-0.2, -0.15) is 0 Å². The Morgan fingerprint density at radius 1 is 1.36 bits per heavy atom. The van der Waals surface area contributed by atoms with Crippen molar-refractivity contribution in [2.24, 2.45) is 5.92 Å². The van der Waals surface area contributed by atoms with Gasteiger partial charge in [0.1, 0.15) is 0 Å². The average Bonchev–Trinajstić information content (AvgIpc) is 2.07. The second kappa shape index (κ2) is 2.86. The molecule has 0 amide bonds. The zero-order valence-corrected chi connectivity index (χ0v) is 6.92. The highest BCUT2D eigenvalue weighted by molar-refractivity contribution is 4.92. The third-order valence-corrected chi connectivity index (χ3v) is 2.99. The summed E-state index contributed by atoms with van der Waals surface area (Å²) in [6, 6.07) is 0.690. The normalized spacial score (nSPS) is 42.0. The lowest BCUT2D eigenvalue weighted by molar-refractivity contribution is 0.0789. The predicted octanol–water partition coefficient (Wildman–Crippen LogP) is 0.814. The van der Waals surface area contributed by atoms with E-state index in [0.29, 0.717) is 6.04 Å². The predicted molar refractivity (Wildman–Crippen MR) is 46.3 cm³/mol. The number of nitrogens with one attached hydrogen (secondary N) is 1. The molecule has 0 spiro atoms. The van der Waals surface area contributed by atoms with Gasteiger partial charge < -0.3 is 10.2 Å². The summed E-state index contributed by atoms with van der Waals surface area (Å²) in [5.74, 6) is 0.915. The Hall–Kier alpha value is -0.500. The second-order valence-electron chi connectivity index (χ2n) is 3.62. The molecule has 3 fully saturated rings. The van der Waals surface area contributed by atoms with Gasteiger partial charge in [0.15, 0.2) is 0 Å². The van der Waals surface area contributed by atoms with Gasteiger partial charge in [0, 0.05) is 12.6 Å². The largest absolute Gasteiger partial charge is 0.387 e. The van der Waals surface area contributed by atoms with E-state index in [2.05, 4.69) is 16.8 Å². The molecule has 2 nitrogen and oxygen atoms in total. The third-order valence-electron chi connectivity index (χ3n) is 2.99. The second-order valence-corrected chi connectivity index (χ2v) is 3.62. The summed E-state index contributed by atoms with van der Waals surface area (Å²) in [6.07, 6.45) is 4.60. The minimum atomic E-state index is 0.690. The molecular formula is C9H16N2. The Morgan fingerprint density at radius 3 is 2.55 bits per heavy atom. The first-order valence-electron chi connectivity index (χ1n) is 4.49. The molecular weight excluding hydrogens is 136 g/mol. The van der Waals surface area contributed by atoms with Gasteiger partial charge in [-0.15, -0.1) is 0 Å². The molecule has 0 radical (unpaired) electrons. The van der Waals surface area contributed by atoms with Crippen LogP contribution in [0.1, 0.15) is 12.8 Å². The highest BCUT2D eigenvalue weighted by atomic mass is 15.2. The van der Waals surface area contributed by atoms with Crippen LogP contribution in [0.25, 0.3) is 0 Å². The number of hydrogen-bond acceptors (Lipinski definition) is 2. The highest BCUT2D eigenvalue weighted by Crippen LogP contribution is 2.27. The van der Waals surface area contributed by atoms with E-state index < -0.39 is 0 Å². The van der Waals surface area contributed by atoms with Crippen LogP contribution in [0, 0.1) is 5.92 Å². The van der Waals surface area contributed by atoms with E-state index in [0.717, 1.165) is 5.92 Å². The van der Waals surface area contributed by atoms with Crippen LogP contribution in [0.2, 0.25) is 0 Å². The molecule has 3 aliphatic rings. The first-order valence-corrected chi connectivity index (χ1v) is 4.49. The van der Waals surface area contributed by atoms with Gasteiger partial charge in [-0.3, -0.25) is 0 Å². The molecule has 3 saturated heterocycles. The molecule has 0 aromatic heterocycles. The Labute approximate surface area is 68.3 Å². The third kappa shape index (κ3) is 1.27. The molecule has 0 aromatic rings. The van der Waals surface area contributed by atoms with Crippen molar-refractivity contribution in [2.75, 3.05) is 19.6 Å². The zero-order chi connectivity index (χ0) is 7.68. The first-order chi connectivity index (χ1) is 5.40. The summed E-state index contributed by atoms with van der Waals surface area (Å²) >= 11 is 0. The molecule has 2 heteroatoms. The SMILES string of the molecule is C=CN[C@H]1CN2CCC1CC2. The van der Waals surface area contributed by atoms with Gasteiger partial charge in [-0.1, -0.05) is 6.58 Å². The number of fused-ring (bicyclic) bond motifs is 3. The van der Waals surface area contributed by atoms with Gasteiger partial charge in [-0.25, -0.2) is 0 Å². The summed E-state index contributed by atoms with van der Waals surface area (Å²) in [5.41, 5.74) is 0. The van der Waals surface area contributed by atoms with Gasteiger partial charge >= 0.3 is 0 Å². The maximum Gasteiger partial charge on any atom is 0.0411 e. The smallest absolute Gasteiger partial charge is 0.0411 e. The molecule has 2 bridgehead atoms. The minimum Gasteiger partial charge on any atom is -0.387 e. The van der Waals surface area contributed by atoms with Crippen molar-refractivity contribution in [3.63, 3.8) is 0 Å². The average molecular weight is 152 g/mol. The van der Waals surface area contributed by atoms with Crippen LogP contribution >= 0.6 is 0 Å². The fraction of sp³-hybridized carbons (Fsp3) is 0.778. The Bertz CT molecular complexity index is 148. The van der Waals surface area contributed by atoms with Crippen LogP contribution in [0.15, 0.2) is 12.8 Å². The van der Waals surface area contributed by atoms with Crippen molar-refractivity contribution in [1.29, 1.82) is 0 Å². The standard InChI is InChI=1S/C9H16N2/c1-2-10-9-7-11-5-3-8(9)4-6-11/h2,8-10H,1,3-7H2/t9-/m0/s1. The summed E-state index contributed by atoms with van der Waals surface area (Å²) in [4.78, 5) is 2.54. The van der Waals surface area contributed by atoms with E-state index in [1.807, 2.05) is 6.20 Å². The molecule has 1 atom stereocenters. The lowest BCUT2D eigenvalue weighted by Crippen LogP contribution is -2.54. The number of nitrogens with zero attached hydrogens (tertiary/aromatic N) is 1. The molecule has 62 valence electrons. The van der Waals surface area contributed by atoms with Crippen molar-refractivity contribution in [3.05, 3.63) is 12.8 Å². The fourth-order valence-electron chi connectivity index (χ4n) is 2.31. The molecule has 3 aliphatic heterocycles. The van der Waals surface area contributed by atoms with Crippen molar-refractivity contribution < 1.29 is 0 Å². The van der Waals surface area contributed by atoms with E-state index in [1.165, 1.54) is 32.5 Å². The molecule has 0 aromatic carbocycles. The monoisotopic (exact) mass is 152 g/mol.